The van der Waals surface area contributed by atoms with Gasteiger partial charge >= 0.3 is 0 Å². The maximum atomic E-state index is 6.10. The second kappa shape index (κ2) is 3.88. The molecule has 0 bridgehead atoms. The van der Waals surface area contributed by atoms with Gasteiger partial charge in [-0.2, -0.15) is 0 Å². The van der Waals surface area contributed by atoms with Crippen LogP contribution in [0.2, 0.25) is 0 Å². The predicted octanol–water partition coefficient (Wildman–Crippen LogP) is 3.05. The lowest BCUT2D eigenvalue weighted by Gasteiger charge is -2.14. The number of aryl methyl sites for hydroxylation is 2. The second-order valence-electron chi connectivity index (χ2n) is 4.77. The monoisotopic (exact) mass is 224 g/mol. The van der Waals surface area contributed by atoms with E-state index in [1.165, 1.54) is 22.4 Å². The Bertz CT molecular complexity index is 561. The molecule has 2 N–H and O–H groups in total. The SMILES string of the molecule is Cc1ccc(N)c(C2CCc3cccnc32)c1. The Morgan fingerprint density at radius 2 is 2.18 bits per heavy atom. The van der Waals surface area contributed by atoms with Crippen molar-refractivity contribution < 1.29 is 0 Å². The Labute approximate surface area is 102 Å². The Kier molecular flexibility index (Phi) is 2.36. The lowest BCUT2D eigenvalue weighted by atomic mass is 9.93. The van der Waals surface area contributed by atoms with Gasteiger partial charge < -0.3 is 5.73 Å². The highest BCUT2D eigenvalue weighted by atomic mass is 14.7. The summed E-state index contributed by atoms with van der Waals surface area (Å²) in [5, 5.41) is 0. The normalized spacial score (nSPS) is 18.1. The first kappa shape index (κ1) is 10.3. The van der Waals surface area contributed by atoms with E-state index in [4.69, 9.17) is 5.73 Å². The molecule has 2 heteroatoms. The molecular weight excluding hydrogens is 208 g/mol. The standard InChI is InChI=1S/C15H16N2/c1-10-4-7-14(16)13(9-10)12-6-5-11-3-2-8-17-15(11)12/h2-4,7-9,12H,5-6,16H2,1H3. The molecule has 0 saturated carbocycles. The van der Waals surface area contributed by atoms with Crippen molar-refractivity contribution in [2.75, 3.05) is 5.73 Å². The largest absolute Gasteiger partial charge is 0.398 e. The maximum absolute atomic E-state index is 6.10. The molecule has 0 radical (unpaired) electrons. The van der Waals surface area contributed by atoms with E-state index in [0.717, 1.165) is 18.5 Å². The van der Waals surface area contributed by atoms with Crippen molar-refractivity contribution in [1.82, 2.24) is 4.98 Å². The lowest BCUT2D eigenvalue weighted by Crippen LogP contribution is -2.03. The number of nitrogen functional groups attached to an aromatic ring is 1. The first-order valence-corrected chi connectivity index (χ1v) is 6.05. The zero-order valence-electron chi connectivity index (χ0n) is 9.98. The van der Waals surface area contributed by atoms with Crippen LogP contribution in [0.1, 0.15) is 34.7 Å². The average Bonchev–Trinajstić information content (AvgIpc) is 2.76. The van der Waals surface area contributed by atoms with Gasteiger partial charge in [0.2, 0.25) is 0 Å². The minimum absolute atomic E-state index is 0.381. The molecule has 1 aliphatic carbocycles. The summed E-state index contributed by atoms with van der Waals surface area (Å²) >= 11 is 0. The minimum atomic E-state index is 0.381. The van der Waals surface area contributed by atoms with Crippen LogP contribution in [0.3, 0.4) is 0 Å². The third kappa shape index (κ3) is 1.70. The van der Waals surface area contributed by atoms with Crippen LogP contribution in [-0.2, 0) is 6.42 Å². The van der Waals surface area contributed by atoms with Crippen LogP contribution in [0.4, 0.5) is 5.69 Å². The van der Waals surface area contributed by atoms with E-state index in [-0.39, 0.29) is 0 Å². The van der Waals surface area contributed by atoms with Crippen molar-refractivity contribution in [2.24, 2.45) is 0 Å². The van der Waals surface area contributed by atoms with Gasteiger partial charge in [0.15, 0.2) is 0 Å². The highest BCUT2D eigenvalue weighted by molar-refractivity contribution is 5.54. The van der Waals surface area contributed by atoms with Crippen LogP contribution in [0.5, 0.6) is 0 Å². The molecule has 1 aromatic heterocycles. The summed E-state index contributed by atoms with van der Waals surface area (Å²) in [5.74, 6) is 0.381. The lowest BCUT2D eigenvalue weighted by molar-refractivity contribution is 0.773. The third-order valence-corrected chi connectivity index (χ3v) is 3.58. The van der Waals surface area contributed by atoms with Gasteiger partial charge in [0.25, 0.3) is 0 Å². The van der Waals surface area contributed by atoms with Crippen molar-refractivity contribution in [2.45, 2.75) is 25.7 Å². The molecule has 2 nitrogen and oxygen atoms in total. The molecule has 86 valence electrons. The fraction of sp³-hybridized carbons (Fsp3) is 0.267. The molecule has 1 aliphatic rings. The molecule has 2 aromatic rings. The van der Waals surface area contributed by atoms with Crippen LogP contribution >= 0.6 is 0 Å². The molecule has 3 rings (SSSR count). The molecule has 0 amide bonds. The van der Waals surface area contributed by atoms with Crippen molar-refractivity contribution in [3.8, 4) is 0 Å². The number of nitrogens with zero attached hydrogens (tertiary/aromatic N) is 1. The summed E-state index contributed by atoms with van der Waals surface area (Å²) in [6, 6.07) is 10.5. The summed E-state index contributed by atoms with van der Waals surface area (Å²) in [5.41, 5.74) is 12.1. The second-order valence-corrected chi connectivity index (χ2v) is 4.77. The summed E-state index contributed by atoms with van der Waals surface area (Å²) in [6.07, 6.45) is 4.12. The third-order valence-electron chi connectivity index (χ3n) is 3.58. The van der Waals surface area contributed by atoms with Gasteiger partial charge in [-0.15, -0.1) is 0 Å². The summed E-state index contributed by atoms with van der Waals surface area (Å²) in [4.78, 5) is 4.53. The van der Waals surface area contributed by atoms with E-state index in [2.05, 4.69) is 30.1 Å². The topological polar surface area (TPSA) is 38.9 Å². The summed E-state index contributed by atoms with van der Waals surface area (Å²) in [7, 11) is 0. The number of aromatic nitrogens is 1. The minimum Gasteiger partial charge on any atom is -0.398 e. The number of nitrogens with two attached hydrogens (primary N) is 1. The van der Waals surface area contributed by atoms with Gasteiger partial charge in [0, 0.05) is 17.8 Å². The van der Waals surface area contributed by atoms with Crippen LogP contribution in [0.15, 0.2) is 36.5 Å². The number of pyridine rings is 1. The Balaban J connectivity index is 2.10. The molecule has 0 aliphatic heterocycles. The Morgan fingerprint density at radius 1 is 1.29 bits per heavy atom. The first-order valence-electron chi connectivity index (χ1n) is 6.05. The highest BCUT2D eigenvalue weighted by Crippen LogP contribution is 2.39. The van der Waals surface area contributed by atoms with Gasteiger partial charge in [-0.3, -0.25) is 4.98 Å². The Hall–Kier alpha value is -1.83. The molecule has 1 atom stereocenters. The highest BCUT2D eigenvalue weighted by Gasteiger charge is 2.26. The molecule has 1 aromatic carbocycles. The van der Waals surface area contributed by atoms with Gasteiger partial charge in [-0.05, 0) is 43.0 Å². The molecule has 0 fully saturated rings. The fourth-order valence-electron chi connectivity index (χ4n) is 2.71. The molecular formula is C15H16N2. The van der Waals surface area contributed by atoms with E-state index >= 15 is 0 Å². The molecule has 0 spiro atoms. The predicted molar refractivity (Wildman–Crippen MR) is 70.0 cm³/mol. The molecule has 1 unspecified atom stereocenters. The fourth-order valence-corrected chi connectivity index (χ4v) is 2.71. The van der Waals surface area contributed by atoms with Crippen molar-refractivity contribution in [1.29, 1.82) is 0 Å². The van der Waals surface area contributed by atoms with E-state index in [1.807, 2.05) is 18.3 Å². The number of rotatable bonds is 1. The van der Waals surface area contributed by atoms with Crippen LogP contribution in [0, 0.1) is 6.92 Å². The number of anilines is 1. The van der Waals surface area contributed by atoms with Gasteiger partial charge in [-0.25, -0.2) is 0 Å². The molecule has 1 heterocycles. The maximum Gasteiger partial charge on any atom is 0.0511 e. The average molecular weight is 224 g/mol. The number of benzene rings is 1. The summed E-state index contributed by atoms with van der Waals surface area (Å²) < 4.78 is 0. The van der Waals surface area contributed by atoms with Crippen molar-refractivity contribution >= 4 is 5.69 Å². The van der Waals surface area contributed by atoms with Gasteiger partial charge in [0.05, 0.1) is 5.69 Å². The molecule has 0 saturated heterocycles. The molecule has 17 heavy (non-hydrogen) atoms. The van der Waals surface area contributed by atoms with Crippen molar-refractivity contribution in [3.63, 3.8) is 0 Å². The van der Waals surface area contributed by atoms with Crippen LogP contribution < -0.4 is 5.73 Å². The van der Waals surface area contributed by atoms with Gasteiger partial charge in [-0.1, -0.05) is 23.8 Å². The van der Waals surface area contributed by atoms with Crippen LogP contribution in [-0.4, -0.2) is 4.98 Å². The number of hydrogen-bond acceptors (Lipinski definition) is 2. The number of hydrogen-bond donors (Lipinski definition) is 1. The van der Waals surface area contributed by atoms with E-state index < -0.39 is 0 Å². The quantitative estimate of drug-likeness (QED) is 0.756. The first-order chi connectivity index (χ1) is 8.25. The van der Waals surface area contributed by atoms with E-state index in [0.29, 0.717) is 5.92 Å². The van der Waals surface area contributed by atoms with Gasteiger partial charge in [0.1, 0.15) is 0 Å². The van der Waals surface area contributed by atoms with E-state index in [1.54, 1.807) is 0 Å². The van der Waals surface area contributed by atoms with E-state index in [9.17, 15) is 0 Å². The van der Waals surface area contributed by atoms with Crippen LogP contribution in [0.25, 0.3) is 0 Å². The smallest absolute Gasteiger partial charge is 0.0511 e. The zero-order chi connectivity index (χ0) is 11.8. The Morgan fingerprint density at radius 3 is 3.06 bits per heavy atom. The number of fused-ring (bicyclic) bond motifs is 1. The zero-order valence-corrected chi connectivity index (χ0v) is 9.98. The summed E-state index contributed by atoms with van der Waals surface area (Å²) in [6.45, 7) is 2.11. The van der Waals surface area contributed by atoms with Crippen molar-refractivity contribution in [3.05, 3.63) is 58.9 Å².